The summed E-state index contributed by atoms with van der Waals surface area (Å²) in [5.74, 6) is 0.358. The summed E-state index contributed by atoms with van der Waals surface area (Å²) in [6.45, 7) is 0.702. The molecule has 0 spiro atoms. The number of aryl methyl sites for hydroxylation is 1. The van der Waals surface area contributed by atoms with E-state index in [1.807, 2.05) is 0 Å². The third-order valence-corrected chi connectivity index (χ3v) is 5.03. The van der Waals surface area contributed by atoms with Crippen molar-refractivity contribution >= 4 is 28.4 Å². The summed E-state index contributed by atoms with van der Waals surface area (Å²) in [6.07, 6.45) is 6.60. The van der Waals surface area contributed by atoms with Crippen LogP contribution in [0, 0.1) is 0 Å². The zero-order chi connectivity index (χ0) is 19.9. The number of nitrogens with zero attached hydrogens (tertiary/aromatic N) is 2. The molecule has 1 aromatic carbocycles. The highest BCUT2D eigenvalue weighted by molar-refractivity contribution is 5.93. The van der Waals surface area contributed by atoms with E-state index in [2.05, 4.69) is 10.3 Å². The predicted octanol–water partition coefficient (Wildman–Crippen LogP) is 2.52. The minimum atomic E-state index is -0.388. The molecule has 3 N–H and O–H groups in total. The van der Waals surface area contributed by atoms with Crippen LogP contribution in [-0.2, 0) is 22.6 Å². The quantitative estimate of drug-likeness (QED) is 0.366. The van der Waals surface area contributed by atoms with Gasteiger partial charge in [-0.1, -0.05) is 12.8 Å². The van der Waals surface area contributed by atoms with Gasteiger partial charge in [-0.3, -0.25) is 24.2 Å². The topological polar surface area (TPSA) is 113 Å². The third-order valence-electron chi connectivity index (χ3n) is 5.03. The van der Waals surface area contributed by atoms with Gasteiger partial charge >= 0.3 is 0 Å². The van der Waals surface area contributed by atoms with Crippen molar-refractivity contribution in [1.82, 2.24) is 15.0 Å². The summed E-state index contributed by atoms with van der Waals surface area (Å²) in [6, 6.07) is 5.27. The minimum absolute atomic E-state index is 0.0392. The lowest BCUT2D eigenvalue weighted by atomic mass is 10.1. The number of rotatable bonds is 8. The Morgan fingerprint density at radius 3 is 2.57 bits per heavy atom. The second kappa shape index (κ2) is 9.45. The second-order valence-electron chi connectivity index (χ2n) is 7.17. The van der Waals surface area contributed by atoms with Gasteiger partial charge in [0.05, 0.1) is 10.9 Å². The van der Waals surface area contributed by atoms with Gasteiger partial charge in [0.15, 0.2) is 0 Å². The van der Waals surface area contributed by atoms with Gasteiger partial charge < -0.3 is 5.32 Å². The van der Waals surface area contributed by atoms with Crippen LogP contribution in [0.1, 0.15) is 57.2 Å². The number of hydroxylamine groups is 1. The molecule has 1 aliphatic heterocycles. The van der Waals surface area contributed by atoms with Crippen LogP contribution in [0.25, 0.3) is 10.9 Å². The molecule has 1 aliphatic rings. The zero-order valence-electron chi connectivity index (χ0n) is 15.9. The molecule has 150 valence electrons. The number of amides is 2. The van der Waals surface area contributed by atoms with Gasteiger partial charge in [-0.2, -0.15) is 0 Å². The van der Waals surface area contributed by atoms with Gasteiger partial charge in [-0.15, -0.1) is 0 Å². The molecule has 1 aromatic heterocycles. The average Bonchev–Trinajstić information content (AvgIpc) is 2.71. The Bertz CT molecular complexity index is 922. The summed E-state index contributed by atoms with van der Waals surface area (Å²) < 4.78 is 1.74. The van der Waals surface area contributed by atoms with E-state index < -0.39 is 0 Å². The normalized spacial score (nSPS) is 13.2. The molecule has 8 heteroatoms. The smallest absolute Gasteiger partial charge is 0.261 e. The molecule has 0 radical (unpaired) electrons. The van der Waals surface area contributed by atoms with Crippen LogP contribution in [0.2, 0.25) is 0 Å². The highest BCUT2D eigenvalue weighted by Gasteiger charge is 2.15. The van der Waals surface area contributed by atoms with E-state index >= 15 is 0 Å². The maximum Gasteiger partial charge on any atom is 0.261 e. The van der Waals surface area contributed by atoms with Gasteiger partial charge in [-0.05, 0) is 43.9 Å². The lowest BCUT2D eigenvalue weighted by Crippen LogP contribution is -2.28. The second-order valence-corrected chi connectivity index (χ2v) is 7.17. The van der Waals surface area contributed by atoms with Gasteiger partial charge in [0, 0.05) is 31.5 Å². The van der Waals surface area contributed by atoms with Gasteiger partial charge in [-0.25, -0.2) is 10.5 Å². The largest absolute Gasteiger partial charge is 0.326 e. The fourth-order valence-electron chi connectivity index (χ4n) is 3.52. The van der Waals surface area contributed by atoms with E-state index in [0.29, 0.717) is 36.0 Å². The van der Waals surface area contributed by atoms with Crippen LogP contribution in [0.15, 0.2) is 23.0 Å². The lowest BCUT2D eigenvalue weighted by molar-refractivity contribution is -0.129. The number of carbonyl (C=O) groups is 2. The average molecular weight is 386 g/mol. The summed E-state index contributed by atoms with van der Waals surface area (Å²) >= 11 is 0. The number of fused-ring (bicyclic) bond motifs is 2. The Hall–Kier alpha value is -2.74. The van der Waals surface area contributed by atoms with Crippen LogP contribution in [0.4, 0.5) is 5.69 Å². The molecule has 0 aliphatic carbocycles. The maximum absolute atomic E-state index is 12.7. The Morgan fingerprint density at radius 2 is 1.82 bits per heavy atom. The summed E-state index contributed by atoms with van der Waals surface area (Å²) in [5.41, 5.74) is 2.84. The van der Waals surface area contributed by atoms with Crippen molar-refractivity contribution in [3.8, 4) is 0 Å². The first-order chi connectivity index (χ1) is 13.6. The first-order valence-electron chi connectivity index (χ1n) is 9.85. The Labute approximate surface area is 162 Å². The fourth-order valence-corrected chi connectivity index (χ4v) is 3.52. The van der Waals surface area contributed by atoms with Crippen molar-refractivity contribution in [3.05, 3.63) is 34.4 Å². The number of nitrogens with one attached hydrogen (secondary N) is 2. The number of carbonyl (C=O) groups excluding carboxylic acids is 2. The molecular formula is C20H26N4O4. The lowest BCUT2D eigenvalue weighted by Gasteiger charge is -2.18. The molecular weight excluding hydrogens is 360 g/mol. The first-order valence-corrected chi connectivity index (χ1v) is 9.85. The molecule has 2 amide bonds. The fraction of sp³-hybridized carbons (Fsp3) is 0.500. The molecule has 28 heavy (non-hydrogen) atoms. The van der Waals surface area contributed by atoms with E-state index in [1.165, 1.54) is 0 Å². The van der Waals surface area contributed by atoms with Crippen LogP contribution in [-0.4, -0.2) is 26.6 Å². The summed E-state index contributed by atoms with van der Waals surface area (Å²) in [7, 11) is 0. The Balaban J connectivity index is 1.54. The van der Waals surface area contributed by atoms with Gasteiger partial charge in [0.1, 0.15) is 5.82 Å². The molecule has 0 atom stereocenters. The number of benzene rings is 1. The van der Waals surface area contributed by atoms with Gasteiger partial charge in [0.25, 0.3) is 5.56 Å². The number of unbranched alkanes of at least 4 members (excludes halogenated alkanes) is 3. The van der Waals surface area contributed by atoms with Crippen LogP contribution in [0.3, 0.4) is 0 Å². The monoisotopic (exact) mass is 386 g/mol. The summed E-state index contributed by atoms with van der Waals surface area (Å²) in [4.78, 5) is 40.4. The van der Waals surface area contributed by atoms with Crippen molar-refractivity contribution in [2.45, 2.75) is 64.3 Å². The van der Waals surface area contributed by atoms with E-state index in [1.54, 1.807) is 28.2 Å². The molecule has 0 fully saturated rings. The van der Waals surface area contributed by atoms with Crippen molar-refractivity contribution in [2.75, 3.05) is 5.32 Å². The van der Waals surface area contributed by atoms with Crippen molar-refractivity contribution in [2.24, 2.45) is 0 Å². The van der Waals surface area contributed by atoms with Crippen LogP contribution >= 0.6 is 0 Å². The van der Waals surface area contributed by atoms with Crippen molar-refractivity contribution in [3.63, 3.8) is 0 Å². The zero-order valence-corrected chi connectivity index (χ0v) is 15.9. The summed E-state index contributed by atoms with van der Waals surface area (Å²) in [5, 5.41) is 11.8. The molecule has 8 nitrogen and oxygen atoms in total. The van der Waals surface area contributed by atoms with E-state index in [0.717, 1.165) is 44.3 Å². The standard InChI is InChI=1S/C20H26N4O4/c25-18(8-3-1-2-4-9-19(26)23-28)21-14-10-11-16-15(13-14)20(27)24-12-6-5-7-17(24)22-16/h10-11,13,28H,1-9,12H2,(H,21,25)(H,23,26). The number of anilines is 1. The molecule has 2 heterocycles. The highest BCUT2D eigenvalue weighted by Crippen LogP contribution is 2.19. The predicted molar refractivity (Wildman–Crippen MR) is 105 cm³/mol. The van der Waals surface area contributed by atoms with E-state index in [4.69, 9.17) is 5.21 Å². The van der Waals surface area contributed by atoms with Crippen LogP contribution in [0.5, 0.6) is 0 Å². The van der Waals surface area contributed by atoms with Crippen molar-refractivity contribution < 1.29 is 14.8 Å². The van der Waals surface area contributed by atoms with Crippen LogP contribution < -0.4 is 16.4 Å². The highest BCUT2D eigenvalue weighted by atomic mass is 16.5. The molecule has 3 rings (SSSR count). The molecule has 0 saturated heterocycles. The Morgan fingerprint density at radius 1 is 1.07 bits per heavy atom. The maximum atomic E-state index is 12.7. The number of hydrogen-bond donors (Lipinski definition) is 3. The molecule has 0 bridgehead atoms. The first kappa shape index (κ1) is 20.0. The third kappa shape index (κ3) is 4.95. The van der Waals surface area contributed by atoms with Gasteiger partial charge in [0.2, 0.25) is 11.8 Å². The SMILES string of the molecule is O=C(CCCCCCC(=O)Nc1ccc2nc3n(c(=O)c2c1)CCCC3)NO. The Kier molecular flexibility index (Phi) is 6.76. The number of hydrogen-bond acceptors (Lipinski definition) is 5. The minimum Gasteiger partial charge on any atom is -0.326 e. The molecule has 0 saturated carbocycles. The molecule has 2 aromatic rings. The van der Waals surface area contributed by atoms with E-state index in [-0.39, 0.29) is 23.8 Å². The molecule has 0 unspecified atom stereocenters. The number of aromatic nitrogens is 2. The van der Waals surface area contributed by atoms with E-state index in [9.17, 15) is 14.4 Å². The van der Waals surface area contributed by atoms with Crippen molar-refractivity contribution in [1.29, 1.82) is 0 Å².